The van der Waals surface area contributed by atoms with Crippen LogP contribution in [0.4, 0.5) is 5.69 Å². The molecule has 0 fully saturated rings. The van der Waals surface area contributed by atoms with Crippen molar-refractivity contribution in [2.45, 2.75) is 34.6 Å². The van der Waals surface area contributed by atoms with Gasteiger partial charge in [-0.1, -0.05) is 78.9 Å². The van der Waals surface area contributed by atoms with Crippen molar-refractivity contribution in [3.63, 3.8) is 0 Å². The highest BCUT2D eigenvalue weighted by Crippen LogP contribution is 2.34. The van der Waals surface area contributed by atoms with Gasteiger partial charge in [-0.05, 0) is 92.1 Å². The molecule has 3 aromatic carbocycles. The van der Waals surface area contributed by atoms with Crippen LogP contribution in [0.2, 0.25) is 0 Å². The van der Waals surface area contributed by atoms with Crippen molar-refractivity contribution < 1.29 is 0 Å². The summed E-state index contributed by atoms with van der Waals surface area (Å²) in [4.78, 5) is 2.34. The molecule has 0 atom stereocenters. The third-order valence-electron chi connectivity index (χ3n) is 5.56. The molecule has 0 aliphatic heterocycles. The van der Waals surface area contributed by atoms with Crippen molar-refractivity contribution in [3.8, 4) is 0 Å². The molecule has 0 radical (unpaired) electrons. The molecule has 3 aromatic rings. The first-order chi connectivity index (χ1) is 15.4. The van der Waals surface area contributed by atoms with Gasteiger partial charge in [0.1, 0.15) is 0 Å². The summed E-state index contributed by atoms with van der Waals surface area (Å²) in [5.41, 5.74) is 7.09. The van der Waals surface area contributed by atoms with Crippen molar-refractivity contribution in [3.05, 3.63) is 120 Å². The van der Waals surface area contributed by atoms with E-state index in [1.54, 1.807) is 0 Å². The molecular formula is C31H33N. The van der Waals surface area contributed by atoms with Crippen LogP contribution in [-0.4, -0.2) is 0 Å². The number of allylic oxidation sites excluding steroid dienone is 7. The summed E-state index contributed by atoms with van der Waals surface area (Å²) in [5, 5.41) is 4.97. The van der Waals surface area contributed by atoms with Gasteiger partial charge in [-0.15, -0.1) is 0 Å². The second kappa shape index (κ2) is 10.2. The van der Waals surface area contributed by atoms with Crippen LogP contribution in [0.1, 0.15) is 40.2 Å². The Labute approximate surface area is 193 Å². The Hall–Kier alpha value is -3.58. The first-order valence-electron chi connectivity index (χ1n) is 11.1. The smallest absolute Gasteiger partial charge is 0.0467 e. The zero-order valence-corrected chi connectivity index (χ0v) is 19.9. The van der Waals surface area contributed by atoms with E-state index in [1.165, 1.54) is 38.4 Å². The number of benzene rings is 3. The zero-order valence-electron chi connectivity index (χ0n) is 19.9. The summed E-state index contributed by atoms with van der Waals surface area (Å²) in [5.74, 6) is 0. The minimum Gasteiger partial charge on any atom is -0.311 e. The Balaban J connectivity index is 2.29. The highest BCUT2D eigenvalue weighted by molar-refractivity contribution is 6.08. The quantitative estimate of drug-likeness (QED) is 0.272. The minimum atomic E-state index is 1.14. The van der Waals surface area contributed by atoms with E-state index in [4.69, 9.17) is 0 Å². The summed E-state index contributed by atoms with van der Waals surface area (Å²) in [6.45, 7) is 18.4. The molecule has 0 saturated heterocycles. The van der Waals surface area contributed by atoms with Gasteiger partial charge < -0.3 is 4.90 Å². The zero-order chi connectivity index (χ0) is 23.3. The van der Waals surface area contributed by atoms with Crippen LogP contribution in [0.5, 0.6) is 0 Å². The number of fused-ring (bicyclic) bond motifs is 3. The topological polar surface area (TPSA) is 3.24 Å². The molecule has 0 aliphatic carbocycles. The van der Waals surface area contributed by atoms with Gasteiger partial charge >= 0.3 is 0 Å². The predicted octanol–water partition coefficient (Wildman–Crippen LogP) is 9.35. The molecule has 3 rings (SSSR count). The van der Waals surface area contributed by atoms with Gasteiger partial charge in [0.2, 0.25) is 0 Å². The molecule has 0 heterocycles. The van der Waals surface area contributed by atoms with Crippen molar-refractivity contribution in [2.24, 2.45) is 0 Å². The van der Waals surface area contributed by atoms with Gasteiger partial charge in [0.15, 0.2) is 0 Å². The van der Waals surface area contributed by atoms with E-state index in [0.29, 0.717) is 0 Å². The summed E-state index contributed by atoms with van der Waals surface area (Å²) in [7, 11) is 0. The summed E-state index contributed by atoms with van der Waals surface area (Å²) in [6.07, 6.45) is 12.1. The lowest BCUT2D eigenvalue weighted by Crippen LogP contribution is -2.22. The Bertz CT molecular complexity index is 1290. The van der Waals surface area contributed by atoms with Crippen molar-refractivity contribution >= 4 is 33.3 Å². The first kappa shape index (κ1) is 23.1. The summed E-state index contributed by atoms with van der Waals surface area (Å²) in [6, 6.07) is 17.7. The molecule has 0 unspecified atom stereocenters. The number of hydrogen-bond donors (Lipinski definition) is 0. The van der Waals surface area contributed by atoms with Crippen LogP contribution in [0.3, 0.4) is 0 Å². The van der Waals surface area contributed by atoms with Crippen LogP contribution >= 0.6 is 0 Å². The standard InChI is InChI=1S/C31H33N/c1-8-11-13-31(23(6)7)32(30(12-9-2)22(4)5)27-17-19-29-26(21-27)16-15-25-20-24(10-3)14-18-28(25)29/h8-21H,1,3H2,2,4-7H3. The van der Waals surface area contributed by atoms with E-state index in [9.17, 15) is 0 Å². The summed E-state index contributed by atoms with van der Waals surface area (Å²) >= 11 is 0. The SMILES string of the molecule is C=CC=CC(=C(C)C)N(C(C=CC)=C(C)C)c1ccc2c(ccc3cc(C=C)ccc32)c1. The molecule has 0 bridgehead atoms. The highest BCUT2D eigenvalue weighted by atomic mass is 15.2. The fraction of sp³-hybridized carbons (Fsp3) is 0.161. The fourth-order valence-corrected chi connectivity index (χ4v) is 4.00. The van der Waals surface area contributed by atoms with E-state index in [0.717, 1.165) is 16.9 Å². The third kappa shape index (κ3) is 4.68. The Morgan fingerprint density at radius 1 is 0.750 bits per heavy atom. The van der Waals surface area contributed by atoms with Gasteiger partial charge in [0.05, 0.1) is 0 Å². The Morgan fingerprint density at radius 3 is 1.91 bits per heavy atom. The van der Waals surface area contributed by atoms with E-state index >= 15 is 0 Å². The van der Waals surface area contributed by atoms with Crippen LogP contribution in [0, 0.1) is 0 Å². The minimum absolute atomic E-state index is 1.14. The lowest BCUT2D eigenvalue weighted by molar-refractivity contribution is 1.07. The van der Waals surface area contributed by atoms with E-state index in [2.05, 4.69) is 119 Å². The van der Waals surface area contributed by atoms with E-state index in [-0.39, 0.29) is 0 Å². The molecule has 32 heavy (non-hydrogen) atoms. The maximum atomic E-state index is 3.90. The molecular weight excluding hydrogens is 386 g/mol. The molecule has 0 N–H and O–H groups in total. The second-order valence-electron chi connectivity index (χ2n) is 8.36. The Morgan fingerprint density at radius 2 is 1.34 bits per heavy atom. The normalized spacial score (nSPS) is 11.3. The van der Waals surface area contributed by atoms with Crippen molar-refractivity contribution in [2.75, 3.05) is 4.90 Å². The molecule has 0 aliphatic rings. The molecule has 0 spiro atoms. The van der Waals surface area contributed by atoms with E-state index in [1.807, 2.05) is 18.2 Å². The first-order valence-corrected chi connectivity index (χ1v) is 11.1. The molecule has 0 amide bonds. The van der Waals surface area contributed by atoms with Gasteiger partial charge in [-0.25, -0.2) is 0 Å². The lowest BCUT2D eigenvalue weighted by Gasteiger charge is -2.30. The van der Waals surface area contributed by atoms with E-state index < -0.39 is 0 Å². The molecule has 0 saturated carbocycles. The second-order valence-corrected chi connectivity index (χ2v) is 8.36. The number of hydrogen-bond acceptors (Lipinski definition) is 1. The van der Waals surface area contributed by atoms with Gasteiger partial charge in [0, 0.05) is 17.1 Å². The van der Waals surface area contributed by atoms with Crippen LogP contribution in [-0.2, 0) is 0 Å². The highest BCUT2D eigenvalue weighted by Gasteiger charge is 2.17. The maximum absolute atomic E-state index is 3.90. The summed E-state index contributed by atoms with van der Waals surface area (Å²) < 4.78 is 0. The third-order valence-corrected chi connectivity index (χ3v) is 5.56. The van der Waals surface area contributed by atoms with Crippen LogP contribution < -0.4 is 4.90 Å². The van der Waals surface area contributed by atoms with Crippen molar-refractivity contribution in [1.29, 1.82) is 0 Å². The number of anilines is 1. The van der Waals surface area contributed by atoms with Crippen molar-refractivity contribution in [1.82, 2.24) is 0 Å². The van der Waals surface area contributed by atoms with Gasteiger partial charge in [-0.2, -0.15) is 0 Å². The average Bonchev–Trinajstić information content (AvgIpc) is 2.79. The van der Waals surface area contributed by atoms with Crippen LogP contribution in [0.25, 0.3) is 27.6 Å². The Kier molecular flexibility index (Phi) is 7.33. The lowest BCUT2D eigenvalue weighted by atomic mass is 9.99. The van der Waals surface area contributed by atoms with Gasteiger partial charge in [-0.3, -0.25) is 0 Å². The molecule has 1 heteroatoms. The monoisotopic (exact) mass is 419 g/mol. The predicted molar refractivity (Wildman–Crippen MR) is 145 cm³/mol. The largest absolute Gasteiger partial charge is 0.311 e. The fourth-order valence-electron chi connectivity index (χ4n) is 4.00. The maximum Gasteiger partial charge on any atom is 0.0467 e. The number of rotatable bonds is 7. The molecule has 0 aromatic heterocycles. The molecule has 162 valence electrons. The van der Waals surface area contributed by atoms with Crippen LogP contribution in [0.15, 0.2) is 115 Å². The average molecular weight is 420 g/mol. The van der Waals surface area contributed by atoms with Gasteiger partial charge in [0.25, 0.3) is 0 Å². The molecule has 1 nitrogen and oxygen atoms in total. The number of nitrogens with zero attached hydrogens (tertiary/aromatic N) is 1.